The Balaban J connectivity index is 3.04. The number of rotatable bonds is 3. The molecule has 0 aromatic carbocycles. The van der Waals surface area contributed by atoms with Crippen molar-refractivity contribution in [2.75, 3.05) is 0 Å². The van der Waals surface area contributed by atoms with Gasteiger partial charge in [0.2, 0.25) is 10.7 Å². The summed E-state index contributed by atoms with van der Waals surface area (Å²) in [5.74, 6) is 0. The quantitative estimate of drug-likeness (QED) is 0.448. The summed E-state index contributed by atoms with van der Waals surface area (Å²) >= 11 is 1.23. The summed E-state index contributed by atoms with van der Waals surface area (Å²) in [5.41, 5.74) is 0.223. The van der Waals surface area contributed by atoms with Crippen LogP contribution in [0.3, 0.4) is 0 Å². The van der Waals surface area contributed by atoms with Crippen molar-refractivity contribution >= 4 is 22.0 Å². The highest BCUT2D eigenvalue weighted by atomic mass is 32.2. The Labute approximate surface area is 73.7 Å². The summed E-state index contributed by atoms with van der Waals surface area (Å²) in [5, 5.41) is 11.7. The molecule has 0 aliphatic carbocycles. The second-order valence-corrected chi connectivity index (χ2v) is 3.84. The Hall–Kier alpha value is -0.950. The monoisotopic (exact) mass is 207 g/mol. The van der Waals surface area contributed by atoms with E-state index >= 15 is 0 Å². The van der Waals surface area contributed by atoms with Gasteiger partial charge in [0.1, 0.15) is 0 Å². The minimum absolute atomic E-state index is 0.223. The van der Waals surface area contributed by atoms with Crippen LogP contribution in [0.25, 0.3) is 0 Å². The smallest absolute Gasteiger partial charge is 0.263 e. The van der Waals surface area contributed by atoms with Crippen LogP contribution in [0, 0.1) is 10.1 Å². The van der Waals surface area contributed by atoms with Gasteiger partial charge in [0.15, 0.2) is 0 Å². The maximum atomic E-state index is 10.4. The molecule has 1 rings (SSSR count). The minimum Gasteiger partial charge on any atom is -0.263 e. The third-order valence-corrected chi connectivity index (χ3v) is 2.83. The van der Waals surface area contributed by atoms with Gasteiger partial charge in [-0.05, 0) is 11.4 Å². The maximum Gasteiger partial charge on any atom is 0.333 e. The van der Waals surface area contributed by atoms with Gasteiger partial charge in [0.25, 0.3) is 0 Å². The van der Waals surface area contributed by atoms with Crippen LogP contribution < -0.4 is 0 Å². The third-order valence-electron chi connectivity index (χ3n) is 1.24. The van der Waals surface area contributed by atoms with Crippen molar-refractivity contribution in [2.24, 2.45) is 0 Å². The van der Waals surface area contributed by atoms with E-state index in [1.165, 1.54) is 22.8 Å². The normalized spacial score (nSPS) is 13.1. The molecule has 0 radical (unpaired) electrons. The molecule has 0 N–H and O–H groups in total. The molecular formula is C5H5NO4S2. The van der Waals surface area contributed by atoms with E-state index in [9.17, 15) is 18.5 Å². The summed E-state index contributed by atoms with van der Waals surface area (Å²) in [6.45, 7) is 0. The lowest BCUT2D eigenvalue weighted by Gasteiger charge is -1.97. The first-order valence-corrected chi connectivity index (χ1v) is 5.11. The van der Waals surface area contributed by atoms with Crippen molar-refractivity contribution in [2.45, 2.75) is 5.37 Å². The first kappa shape index (κ1) is 9.14. The van der Waals surface area contributed by atoms with Gasteiger partial charge in [-0.3, -0.25) is 10.1 Å². The molecular weight excluding hydrogens is 202 g/mol. The second kappa shape index (κ2) is 3.63. The molecule has 0 aliphatic heterocycles. The molecule has 7 heteroatoms. The summed E-state index contributed by atoms with van der Waals surface area (Å²) in [4.78, 5) is 9.45. The highest BCUT2D eigenvalue weighted by molar-refractivity contribution is 7.72. The maximum absolute atomic E-state index is 10.4. The molecule has 1 aromatic heterocycles. The lowest BCUT2D eigenvalue weighted by molar-refractivity contribution is -0.502. The van der Waals surface area contributed by atoms with Gasteiger partial charge >= 0.3 is 5.37 Å². The van der Waals surface area contributed by atoms with Crippen LogP contribution in [0.4, 0.5) is 0 Å². The van der Waals surface area contributed by atoms with Crippen LogP contribution in [0.1, 0.15) is 10.9 Å². The first-order valence-electron chi connectivity index (χ1n) is 2.92. The number of thiophene rings is 1. The van der Waals surface area contributed by atoms with Gasteiger partial charge in [0.05, 0.1) is 5.56 Å². The zero-order valence-corrected chi connectivity index (χ0v) is 7.46. The Morgan fingerprint density at radius 3 is 2.58 bits per heavy atom. The average Bonchev–Trinajstić information content (AvgIpc) is 2.37. The van der Waals surface area contributed by atoms with Crippen LogP contribution >= 0.6 is 11.3 Å². The van der Waals surface area contributed by atoms with Crippen LogP contribution in [0.15, 0.2) is 16.8 Å². The molecule has 0 aliphatic rings. The lowest BCUT2D eigenvalue weighted by Crippen LogP contribution is -2.10. The predicted molar refractivity (Wildman–Crippen MR) is 44.4 cm³/mol. The van der Waals surface area contributed by atoms with Crippen LogP contribution in [0.2, 0.25) is 0 Å². The zero-order valence-electron chi connectivity index (χ0n) is 5.75. The molecule has 5 nitrogen and oxygen atoms in total. The molecule has 0 bridgehead atoms. The second-order valence-electron chi connectivity index (χ2n) is 2.00. The SMILES string of the molecule is O=[N+]([O-])C(c1ccsc1)[SH](=O)=O. The molecule has 0 fully saturated rings. The fourth-order valence-electron chi connectivity index (χ4n) is 0.742. The summed E-state index contributed by atoms with van der Waals surface area (Å²) in [6, 6.07) is 1.43. The number of hydrogen-bond acceptors (Lipinski definition) is 5. The summed E-state index contributed by atoms with van der Waals surface area (Å²) in [6.07, 6.45) is 0. The van der Waals surface area contributed by atoms with E-state index in [1.807, 2.05) is 0 Å². The predicted octanol–water partition coefficient (Wildman–Crippen LogP) is 0.635. The molecule has 66 valence electrons. The number of nitro groups is 1. The molecule has 1 unspecified atom stereocenters. The molecule has 0 saturated carbocycles. The van der Waals surface area contributed by atoms with Crippen molar-refractivity contribution in [3.05, 3.63) is 32.5 Å². The van der Waals surface area contributed by atoms with E-state index in [4.69, 9.17) is 0 Å². The van der Waals surface area contributed by atoms with E-state index in [0.717, 1.165) is 0 Å². The summed E-state index contributed by atoms with van der Waals surface area (Å²) < 4.78 is 20.9. The van der Waals surface area contributed by atoms with E-state index < -0.39 is 21.0 Å². The number of hydrogen-bond donors (Lipinski definition) is 1. The van der Waals surface area contributed by atoms with Crippen LogP contribution in [-0.4, -0.2) is 13.3 Å². The van der Waals surface area contributed by atoms with E-state index in [-0.39, 0.29) is 5.56 Å². The topological polar surface area (TPSA) is 77.3 Å². The molecule has 1 heterocycles. The van der Waals surface area contributed by atoms with Gasteiger partial charge in [-0.25, -0.2) is 8.42 Å². The molecule has 0 saturated heterocycles. The molecule has 12 heavy (non-hydrogen) atoms. The molecule has 0 amide bonds. The first-order chi connectivity index (χ1) is 5.63. The van der Waals surface area contributed by atoms with Gasteiger partial charge < -0.3 is 0 Å². The van der Waals surface area contributed by atoms with E-state index in [1.54, 1.807) is 5.38 Å². The van der Waals surface area contributed by atoms with Crippen molar-refractivity contribution in [1.82, 2.24) is 0 Å². The van der Waals surface area contributed by atoms with Crippen molar-refractivity contribution < 1.29 is 13.3 Å². The number of thiol groups is 1. The van der Waals surface area contributed by atoms with Gasteiger partial charge in [0, 0.05) is 10.3 Å². The Morgan fingerprint density at radius 2 is 2.25 bits per heavy atom. The molecule has 1 aromatic rings. The van der Waals surface area contributed by atoms with E-state index in [0.29, 0.717) is 0 Å². The Bertz CT molecular complexity index is 334. The van der Waals surface area contributed by atoms with Gasteiger partial charge in [-0.1, -0.05) is 0 Å². The van der Waals surface area contributed by atoms with Crippen LogP contribution in [-0.2, 0) is 10.7 Å². The summed E-state index contributed by atoms with van der Waals surface area (Å²) in [7, 11) is -3.05. The van der Waals surface area contributed by atoms with Crippen molar-refractivity contribution in [1.29, 1.82) is 0 Å². The standard InChI is InChI=1S/C5H5NO4S2/c7-6(8)5(12(9)10)4-1-2-11-3-4/h1-3,5,12H. The highest BCUT2D eigenvalue weighted by Gasteiger charge is 2.25. The number of nitrogens with zero attached hydrogens (tertiary/aromatic N) is 1. The van der Waals surface area contributed by atoms with Crippen LogP contribution in [0.5, 0.6) is 0 Å². The Kier molecular flexibility index (Phi) is 2.77. The Morgan fingerprint density at radius 1 is 1.58 bits per heavy atom. The lowest BCUT2D eigenvalue weighted by atomic mass is 10.3. The van der Waals surface area contributed by atoms with E-state index in [2.05, 4.69) is 0 Å². The average molecular weight is 207 g/mol. The minimum atomic E-state index is -3.05. The fourth-order valence-corrected chi connectivity index (χ4v) is 2.08. The molecule has 1 atom stereocenters. The largest absolute Gasteiger partial charge is 0.333 e. The van der Waals surface area contributed by atoms with Crippen molar-refractivity contribution in [3.8, 4) is 0 Å². The van der Waals surface area contributed by atoms with Gasteiger partial charge in [-0.2, -0.15) is 11.3 Å². The van der Waals surface area contributed by atoms with Gasteiger partial charge in [-0.15, -0.1) is 0 Å². The fraction of sp³-hybridized carbons (Fsp3) is 0.200. The highest BCUT2D eigenvalue weighted by Crippen LogP contribution is 2.19. The third kappa shape index (κ3) is 1.80. The zero-order chi connectivity index (χ0) is 9.14. The van der Waals surface area contributed by atoms with Crippen molar-refractivity contribution in [3.63, 3.8) is 0 Å². The molecule has 0 spiro atoms.